The number of sulfonamides is 1. The summed E-state index contributed by atoms with van der Waals surface area (Å²) in [5.41, 5.74) is 0.764. The van der Waals surface area contributed by atoms with Gasteiger partial charge in [-0.1, -0.05) is 13.0 Å². The predicted octanol–water partition coefficient (Wildman–Crippen LogP) is 0.863. The third kappa shape index (κ3) is 3.08. The molecule has 4 nitrogen and oxygen atoms in total. The Morgan fingerprint density at radius 3 is 2.57 bits per heavy atom. The van der Waals surface area contributed by atoms with Crippen LogP contribution >= 0.6 is 0 Å². The first-order valence-electron chi connectivity index (χ1n) is 4.39. The van der Waals surface area contributed by atoms with Crippen molar-refractivity contribution >= 4 is 10.0 Å². The molecule has 0 spiro atoms. The lowest BCUT2D eigenvalue weighted by Crippen LogP contribution is -2.29. The number of pyridine rings is 1. The molecule has 0 atom stereocenters. The maximum absolute atomic E-state index is 11.3. The van der Waals surface area contributed by atoms with E-state index in [0.29, 0.717) is 13.1 Å². The highest BCUT2D eigenvalue weighted by molar-refractivity contribution is 7.88. The van der Waals surface area contributed by atoms with E-state index in [1.807, 2.05) is 19.1 Å². The zero-order valence-corrected chi connectivity index (χ0v) is 9.16. The summed E-state index contributed by atoms with van der Waals surface area (Å²) in [5, 5.41) is 0. The van der Waals surface area contributed by atoms with Crippen molar-refractivity contribution in [2.45, 2.75) is 13.5 Å². The first-order valence-corrected chi connectivity index (χ1v) is 6.24. The molecule has 0 aliphatic heterocycles. The van der Waals surface area contributed by atoms with Crippen LogP contribution in [0.1, 0.15) is 12.6 Å². The topological polar surface area (TPSA) is 50.3 Å². The van der Waals surface area contributed by atoms with Crippen LogP contribution in [0, 0.1) is 0 Å². The quantitative estimate of drug-likeness (QED) is 0.747. The van der Waals surface area contributed by atoms with Crippen molar-refractivity contribution in [2.75, 3.05) is 12.8 Å². The van der Waals surface area contributed by atoms with E-state index in [1.165, 1.54) is 10.6 Å². The summed E-state index contributed by atoms with van der Waals surface area (Å²) < 4.78 is 23.9. The summed E-state index contributed by atoms with van der Waals surface area (Å²) in [6, 6.07) is 5.46. The molecular weight excluding hydrogens is 200 g/mol. The minimum Gasteiger partial charge on any atom is -0.260 e. The maximum Gasteiger partial charge on any atom is 0.211 e. The molecule has 0 aliphatic carbocycles. The summed E-state index contributed by atoms with van der Waals surface area (Å²) in [7, 11) is -3.12. The molecule has 1 aromatic rings. The van der Waals surface area contributed by atoms with Crippen molar-refractivity contribution in [2.24, 2.45) is 0 Å². The number of hydrogen-bond acceptors (Lipinski definition) is 3. The molecule has 1 aromatic heterocycles. The SMILES string of the molecule is CCN(Cc1ccccn1)S(C)(=O)=O. The van der Waals surface area contributed by atoms with Crippen LogP contribution in [0.5, 0.6) is 0 Å². The van der Waals surface area contributed by atoms with E-state index in [1.54, 1.807) is 12.3 Å². The molecule has 0 radical (unpaired) electrons. The molecule has 78 valence electrons. The lowest BCUT2D eigenvalue weighted by Gasteiger charge is -2.16. The normalized spacial score (nSPS) is 11.9. The number of nitrogens with zero attached hydrogens (tertiary/aromatic N) is 2. The van der Waals surface area contributed by atoms with Crippen LogP contribution in [0.25, 0.3) is 0 Å². The standard InChI is InChI=1S/C9H14N2O2S/c1-3-11(14(2,12)13)8-9-6-4-5-7-10-9/h4-7H,3,8H2,1-2H3. The maximum atomic E-state index is 11.3. The second kappa shape index (κ2) is 4.52. The molecule has 0 N–H and O–H groups in total. The Labute approximate surface area is 84.6 Å². The monoisotopic (exact) mass is 214 g/mol. The van der Waals surface area contributed by atoms with Crippen molar-refractivity contribution in [1.29, 1.82) is 0 Å². The summed E-state index contributed by atoms with van der Waals surface area (Å²) in [6.45, 7) is 2.62. The largest absolute Gasteiger partial charge is 0.260 e. The molecule has 0 bridgehead atoms. The van der Waals surface area contributed by atoms with Gasteiger partial charge in [-0.05, 0) is 12.1 Å². The first-order chi connectivity index (χ1) is 6.54. The van der Waals surface area contributed by atoms with Gasteiger partial charge in [-0.3, -0.25) is 4.98 Å². The number of rotatable bonds is 4. The second-order valence-electron chi connectivity index (χ2n) is 3.01. The smallest absolute Gasteiger partial charge is 0.211 e. The number of hydrogen-bond donors (Lipinski definition) is 0. The fourth-order valence-corrected chi connectivity index (χ4v) is 1.97. The van der Waals surface area contributed by atoms with E-state index < -0.39 is 10.0 Å². The van der Waals surface area contributed by atoms with Gasteiger partial charge in [0.05, 0.1) is 18.5 Å². The zero-order valence-electron chi connectivity index (χ0n) is 8.34. The highest BCUT2D eigenvalue weighted by atomic mass is 32.2. The summed E-state index contributed by atoms with van der Waals surface area (Å²) in [6.07, 6.45) is 2.87. The van der Waals surface area contributed by atoms with Gasteiger partial charge in [0.15, 0.2) is 0 Å². The Balaban J connectivity index is 2.77. The number of aromatic nitrogens is 1. The molecule has 0 saturated heterocycles. The first kappa shape index (κ1) is 11.1. The highest BCUT2D eigenvalue weighted by Crippen LogP contribution is 2.04. The van der Waals surface area contributed by atoms with Gasteiger partial charge in [0.25, 0.3) is 0 Å². The minimum absolute atomic E-state index is 0.343. The Morgan fingerprint density at radius 2 is 2.14 bits per heavy atom. The van der Waals surface area contributed by atoms with Crippen molar-refractivity contribution in [3.8, 4) is 0 Å². The van der Waals surface area contributed by atoms with Gasteiger partial charge in [-0.15, -0.1) is 0 Å². The fraction of sp³-hybridized carbons (Fsp3) is 0.444. The van der Waals surface area contributed by atoms with Gasteiger partial charge in [-0.25, -0.2) is 8.42 Å². The average molecular weight is 214 g/mol. The van der Waals surface area contributed by atoms with E-state index in [4.69, 9.17) is 0 Å². The third-order valence-electron chi connectivity index (χ3n) is 1.89. The van der Waals surface area contributed by atoms with Crippen LogP contribution in [0.2, 0.25) is 0 Å². The van der Waals surface area contributed by atoms with Gasteiger partial charge < -0.3 is 0 Å². The predicted molar refractivity (Wildman–Crippen MR) is 55.2 cm³/mol. The van der Waals surface area contributed by atoms with E-state index in [9.17, 15) is 8.42 Å². The molecule has 5 heteroatoms. The van der Waals surface area contributed by atoms with E-state index >= 15 is 0 Å². The average Bonchev–Trinajstić information content (AvgIpc) is 2.14. The van der Waals surface area contributed by atoms with Crippen molar-refractivity contribution < 1.29 is 8.42 Å². The van der Waals surface area contributed by atoms with Crippen LogP contribution in [-0.4, -0.2) is 30.5 Å². The molecule has 0 fully saturated rings. The molecule has 1 rings (SSSR count). The lowest BCUT2D eigenvalue weighted by atomic mass is 10.3. The molecule has 0 unspecified atom stereocenters. The third-order valence-corrected chi connectivity index (χ3v) is 3.21. The fourth-order valence-electron chi connectivity index (χ4n) is 1.14. The molecule has 0 aromatic carbocycles. The van der Waals surface area contributed by atoms with E-state index in [-0.39, 0.29) is 0 Å². The highest BCUT2D eigenvalue weighted by Gasteiger charge is 2.14. The van der Waals surface area contributed by atoms with Crippen LogP contribution in [0.3, 0.4) is 0 Å². The molecule has 1 heterocycles. The van der Waals surface area contributed by atoms with Gasteiger partial charge in [-0.2, -0.15) is 4.31 Å². The Bertz CT molecular complexity index is 375. The van der Waals surface area contributed by atoms with Crippen molar-refractivity contribution in [3.63, 3.8) is 0 Å². The van der Waals surface area contributed by atoms with E-state index in [2.05, 4.69) is 4.98 Å². The molecule has 0 aliphatic rings. The Kier molecular flexibility index (Phi) is 3.60. The summed E-state index contributed by atoms with van der Waals surface area (Å²) in [4.78, 5) is 4.07. The lowest BCUT2D eigenvalue weighted by molar-refractivity contribution is 0.423. The van der Waals surface area contributed by atoms with Crippen molar-refractivity contribution in [3.05, 3.63) is 30.1 Å². The van der Waals surface area contributed by atoms with Crippen LogP contribution in [0.4, 0.5) is 0 Å². The van der Waals surface area contributed by atoms with Crippen LogP contribution in [-0.2, 0) is 16.6 Å². The Morgan fingerprint density at radius 1 is 1.43 bits per heavy atom. The van der Waals surface area contributed by atoms with Gasteiger partial charge in [0.1, 0.15) is 0 Å². The second-order valence-corrected chi connectivity index (χ2v) is 4.99. The van der Waals surface area contributed by atoms with E-state index in [0.717, 1.165) is 5.69 Å². The Hall–Kier alpha value is -0.940. The summed E-state index contributed by atoms with van der Waals surface area (Å²) >= 11 is 0. The van der Waals surface area contributed by atoms with Gasteiger partial charge >= 0.3 is 0 Å². The van der Waals surface area contributed by atoms with Gasteiger partial charge in [0.2, 0.25) is 10.0 Å². The van der Waals surface area contributed by atoms with Crippen LogP contribution in [0.15, 0.2) is 24.4 Å². The summed E-state index contributed by atoms with van der Waals surface area (Å²) in [5.74, 6) is 0. The molecule has 0 amide bonds. The van der Waals surface area contributed by atoms with Crippen molar-refractivity contribution in [1.82, 2.24) is 9.29 Å². The molecular formula is C9H14N2O2S. The van der Waals surface area contributed by atoms with Crippen LogP contribution < -0.4 is 0 Å². The molecule has 0 saturated carbocycles. The minimum atomic E-state index is -3.12. The zero-order chi connectivity index (χ0) is 10.6. The molecule has 14 heavy (non-hydrogen) atoms. The van der Waals surface area contributed by atoms with Gasteiger partial charge in [0, 0.05) is 12.7 Å².